The van der Waals surface area contributed by atoms with Crippen molar-refractivity contribution in [2.45, 2.75) is 5.32 Å². The second-order valence-corrected chi connectivity index (χ2v) is 5.20. The van der Waals surface area contributed by atoms with Crippen LogP contribution in [0.1, 0.15) is 10.6 Å². The first-order valence-electron chi connectivity index (χ1n) is 4.61. The van der Waals surface area contributed by atoms with E-state index < -0.39 is 0 Å². The van der Waals surface area contributed by atoms with Crippen molar-refractivity contribution < 1.29 is 9.21 Å². The van der Waals surface area contributed by atoms with Crippen LogP contribution >= 0.6 is 0 Å². The zero-order valence-corrected chi connectivity index (χ0v) is 9.76. The Morgan fingerprint density at radius 2 is 1.93 bits per heavy atom. The van der Waals surface area contributed by atoms with Crippen LogP contribution in [0.25, 0.3) is 0 Å². The predicted octanol–water partition coefficient (Wildman–Crippen LogP) is 1.91. The number of carbonyl (C=O) groups is 1. The fraction of sp³-hybridized carbons (Fsp3) is 0.0833. The summed E-state index contributed by atoms with van der Waals surface area (Å²) in [7, 11) is 0. The minimum absolute atomic E-state index is 0.0869. The molecule has 2 nitrogen and oxygen atoms in total. The number of Topliss-reactive ketones (excluding diaryl/α,β-unsaturated/α-hetero) is 1. The molecule has 0 fully saturated rings. The molecule has 0 aliphatic carbocycles. The molecule has 76 valence electrons. The van der Waals surface area contributed by atoms with Gasteiger partial charge in [-0.1, -0.05) is 0 Å². The molecule has 0 aliphatic rings. The van der Waals surface area contributed by atoms with Crippen LogP contribution in [-0.4, -0.2) is 20.7 Å². The molecule has 0 atom stereocenters. The van der Waals surface area contributed by atoms with E-state index >= 15 is 0 Å². The SMILES string of the molecule is O=C(C[Se]c1ccccc1)c1ccco1. The van der Waals surface area contributed by atoms with E-state index in [1.165, 1.54) is 10.7 Å². The summed E-state index contributed by atoms with van der Waals surface area (Å²) in [6, 6.07) is 13.5. The zero-order valence-electron chi connectivity index (χ0n) is 8.05. The molecule has 2 aromatic rings. The van der Waals surface area contributed by atoms with Gasteiger partial charge in [0.1, 0.15) is 0 Å². The molecule has 0 unspecified atom stereocenters. The molecule has 0 spiro atoms. The molecule has 1 heterocycles. The Hall–Kier alpha value is -1.31. The summed E-state index contributed by atoms with van der Waals surface area (Å²) in [5.41, 5.74) is 0. The third kappa shape index (κ3) is 2.82. The van der Waals surface area contributed by atoms with Crippen molar-refractivity contribution in [3.05, 3.63) is 54.5 Å². The molecule has 0 N–H and O–H groups in total. The van der Waals surface area contributed by atoms with Gasteiger partial charge in [-0.2, -0.15) is 0 Å². The Kier molecular flexibility index (Phi) is 3.38. The van der Waals surface area contributed by atoms with E-state index in [4.69, 9.17) is 4.42 Å². The maximum absolute atomic E-state index is 11.6. The van der Waals surface area contributed by atoms with Crippen molar-refractivity contribution in [3.63, 3.8) is 0 Å². The molecule has 0 aliphatic heterocycles. The summed E-state index contributed by atoms with van der Waals surface area (Å²) >= 11 is 0.200. The number of furan rings is 1. The summed E-state index contributed by atoms with van der Waals surface area (Å²) < 4.78 is 6.28. The van der Waals surface area contributed by atoms with Crippen LogP contribution in [0, 0.1) is 0 Å². The Bertz CT molecular complexity index is 420. The van der Waals surface area contributed by atoms with Gasteiger partial charge in [-0.3, -0.25) is 0 Å². The van der Waals surface area contributed by atoms with Crippen LogP contribution < -0.4 is 4.46 Å². The Morgan fingerprint density at radius 1 is 1.13 bits per heavy atom. The van der Waals surface area contributed by atoms with Crippen LogP contribution in [0.4, 0.5) is 0 Å². The second kappa shape index (κ2) is 4.96. The number of ketones is 1. The second-order valence-electron chi connectivity index (χ2n) is 3.00. The average molecular weight is 265 g/mol. The molecular formula is C12H10O2Se. The number of hydrogen-bond donors (Lipinski definition) is 0. The number of hydrogen-bond acceptors (Lipinski definition) is 2. The fourth-order valence-electron chi connectivity index (χ4n) is 1.17. The van der Waals surface area contributed by atoms with Gasteiger partial charge in [-0.25, -0.2) is 0 Å². The van der Waals surface area contributed by atoms with Gasteiger partial charge < -0.3 is 0 Å². The molecule has 0 amide bonds. The molecular weight excluding hydrogens is 255 g/mol. The third-order valence-electron chi connectivity index (χ3n) is 1.91. The quantitative estimate of drug-likeness (QED) is 0.624. The molecule has 1 aromatic carbocycles. The van der Waals surface area contributed by atoms with E-state index in [2.05, 4.69) is 12.1 Å². The van der Waals surface area contributed by atoms with Gasteiger partial charge in [0.15, 0.2) is 0 Å². The molecule has 2 rings (SSSR count). The maximum atomic E-state index is 11.6. The van der Waals surface area contributed by atoms with Gasteiger partial charge in [-0.05, 0) is 0 Å². The van der Waals surface area contributed by atoms with Crippen LogP contribution in [0.3, 0.4) is 0 Å². The van der Waals surface area contributed by atoms with Crippen LogP contribution in [0.2, 0.25) is 5.32 Å². The molecule has 0 saturated carbocycles. The number of carbonyl (C=O) groups excluding carboxylic acids is 1. The fourth-order valence-corrected chi connectivity index (χ4v) is 2.83. The van der Waals surface area contributed by atoms with E-state index in [0.29, 0.717) is 11.1 Å². The predicted molar refractivity (Wildman–Crippen MR) is 59.7 cm³/mol. The Morgan fingerprint density at radius 3 is 2.60 bits per heavy atom. The standard InChI is InChI=1S/C12H10O2Se/c13-11(12-7-4-8-14-12)9-15-10-5-2-1-3-6-10/h1-8H,9H2. The molecule has 0 radical (unpaired) electrons. The monoisotopic (exact) mass is 266 g/mol. The zero-order chi connectivity index (χ0) is 10.5. The topological polar surface area (TPSA) is 30.2 Å². The first-order chi connectivity index (χ1) is 7.36. The van der Waals surface area contributed by atoms with E-state index in [-0.39, 0.29) is 20.7 Å². The summed E-state index contributed by atoms with van der Waals surface area (Å²) in [6.45, 7) is 0. The van der Waals surface area contributed by atoms with Crippen LogP contribution in [-0.2, 0) is 0 Å². The normalized spacial score (nSPS) is 10.1. The summed E-state index contributed by atoms with van der Waals surface area (Å²) in [4.78, 5) is 11.6. The van der Waals surface area contributed by atoms with Crippen molar-refractivity contribution in [2.24, 2.45) is 0 Å². The first-order valence-corrected chi connectivity index (χ1v) is 6.67. The van der Waals surface area contributed by atoms with Crippen molar-refractivity contribution in [1.29, 1.82) is 0 Å². The van der Waals surface area contributed by atoms with E-state index in [9.17, 15) is 4.79 Å². The van der Waals surface area contributed by atoms with Crippen LogP contribution in [0.15, 0.2) is 53.1 Å². The minimum atomic E-state index is 0.0869. The summed E-state index contributed by atoms with van der Waals surface area (Å²) in [5.74, 6) is 0.552. The molecule has 0 saturated heterocycles. The van der Waals surface area contributed by atoms with Crippen molar-refractivity contribution in [3.8, 4) is 0 Å². The van der Waals surface area contributed by atoms with Gasteiger partial charge in [0.2, 0.25) is 0 Å². The average Bonchev–Trinajstić information content (AvgIpc) is 2.81. The number of benzene rings is 1. The summed E-state index contributed by atoms with van der Waals surface area (Å²) in [5, 5.41) is 0.560. The van der Waals surface area contributed by atoms with Crippen molar-refractivity contribution in [2.75, 3.05) is 0 Å². The van der Waals surface area contributed by atoms with Gasteiger partial charge in [0, 0.05) is 0 Å². The van der Waals surface area contributed by atoms with E-state index in [1.807, 2.05) is 18.2 Å². The van der Waals surface area contributed by atoms with Gasteiger partial charge >= 0.3 is 94.2 Å². The summed E-state index contributed by atoms with van der Waals surface area (Å²) in [6.07, 6.45) is 1.53. The van der Waals surface area contributed by atoms with E-state index in [1.54, 1.807) is 12.1 Å². The first kappa shape index (κ1) is 10.2. The Balaban J connectivity index is 1.92. The van der Waals surface area contributed by atoms with Crippen LogP contribution in [0.5, 0.6) is 0 Å². The molecule has 1 aromatic heterocycles. The molecule has 0 bridgehead atoms. The van der Waals surface area contributed by atoms with Gasteiger partial charge in [0.05, 0.1) is 0 Å². The Labute approximate surface area is 94.5 Å². The van der Waals surface area contributed by atoms with E-state index in [0.717, 1.165) is 0 Å². The van der Waals surface area contributed by atoms with Crippen molar-refractivity contribution in [1.82, 2.24) is 0 Å². The molecule has 15 heavy (non-hydrogen) atoms. The van der Waals surface area contributed by atoms with Crippen molar-refractivity contribution >= 4 is 25.2 Å². The third-order valence-corrected chi connectivity index (χ3v) is 4.03. The number of rotatable bonds is 4. The molecule has 3 heteroatoms. The van der Waals surface area contributed by atoms with Gasteiger partial charge in [-0.15, -0.1) is 0 Å². The van der Waals surface area contributed by atoms with Gasteiger partial charge in [0.25, 0.3) is 0 Å².